The third-order valence-electron chi connectivity index (χ3n) is 5.17. The minimum atomic E-state index is 0.634. The maximum atomic E-state index is 11.2. The second-order valence-corrected chi connectivity index (χ2v) is 6.82. The molecule has 0 aliphatic rings. The van der Waals surface area contributed by atoms with Gasteiger partial charge in [-0.05, 0) is 48.7 Å². The van der Waals surface area contributed by atoms with E-state index in [9.17, 15) is 9.59 Å². The van der Waals surface area contributed by atoms with Crippen LogP contribution in [-0.4, -0.2) is 17.1 Å². The SMILES string of the molecule is CCCC[C@@H](CC)Cn1c2ccc(C=O)cc2c2cc(C=O)ccc21. The van der Waals surface area contributed by atoms with E-state index < -0.39 is 0 Å². The smallest absolute Gasteiger partial charge is 0.150 e. The van der Waals surface area contributed by atoms with E-state index >= 15 is 0 Å². The number of aldehydes is 2. The van der Waals surface area contributed by atoms with Crippen LogP contribution in [0.5, 0.6) is 0 Å². The number of carbonyl (C=O) groups is 2. The Morgan fingerprint density at radius 2 is 1.48 bits per heavy atom. The Kier molecular flexibility index (Phi) is 5.32. The van der Waals surface area contributed by atoms with E-state index in [0.717, 1.165) is 47.3 Å². The van der Waals surface area contributed by atoms with Crippen LogP contribution >= 0.6 is 0 Å². The van der Waals surface area contributed by atoms with Crippen molar-refractivity contribution in [3.8, 4) is 0 Å². The van der Waals surface area contributed by atoms with Crippen LogP contribution in [0.25, 0.3) is 21.8 Å². The monoisotopic (exact) mass is 335 g/mol. The van der Waals surface area contributed by atoms with Gasteiger partial charge in [0.2, 0.25) is 0 Å². The van der Waals surface area contributed by atoms with Crippen molar-refractivity contribution in [2.45, 2.75) is 46.1 Å². The second kappa shape index (κ2) is 7.64. The summed E-state index contributed by atoms with van der Waals surface area (Å²) in [6, 6.07) is 11.7. The van der Waals surface area contributed by atoms with Gasteiger partial charge in [0.15, 0.2) is 0 Å². The van der Waals surface area contributed by atoms with Gasteiger partial charge in [-0.15, -0.1) is 0 Å². The molecule has 1 atom stereocenters. The van der Waals surface area contributed by atoms with Gasteiger partial charge < -0.3 is 4.57 Å². The summed E-state index contributed by atoms with van der Waals surface area (Å²) in [5.41, 5.74) is 3.61. The normalized spacial score (nSPS) is 12.6. The van der Waals surface area contributed by atoms with Crippen LogP contribution in [0, 0.1) is 5.92 Å². The van der Waals surface area contributed by atoms with E-state index in [2.05, 4.69) is 18.4 Å². The molecule has 3 nitrogen and oxygen atoms in total. The van der Waals surface area contributed by atoms with Crippen molar-refractivity contribution in [1.82, 2.24) is 4.57 Å². The van der Waals surface area contributed by atoms with Crippen molar-refractivity contribution >= 4 is 34.4 Å². The van der Waals surface area contributed by atoms with Gasteiger partial charge in [-0.3, -0.25) is 9.59 Å². The average molecular weight is 335 g/mol. The van der Waals surface area contributed by atoms with Crippen LogP contribution in [0.15, 0.2) is 36.4 Å². The molecule has 25 heavy (non-hydrogen) atoms. The number of hydrogen-bond acceptors (Lipinski definition) is 2. The Hall–Kier alpha value is -2.42. The topological polar surface area (TPSA) is 39.1 Å². The van der Waals surface area contributed by atoms with Gasteiger partial charge in [0.1, 0.15) is 12.6 Å². The van der Waals surface area contributed by atoms with Crippen LogP contribution in [0.4, 0.5) is 0 Å². The molecule has 0 fully saturated rings. The molecule has 0 saturated carbocycles. The van der Waals surface area contributed by atoms with Crippen molar-refractivity contribution in [2.24, 2.45) is 5.92 Å². The Bertz CT molecular complexity index is 842. The Balaban J connectivity index is 2.17. The zero-order chi connectivity index (χ0) is 17.8. The van der Waals surface area contributed by atoms with Gasteiger partial charge in [-0.2, -0.15) is 0 Å². The van der Waals surface area contributed by atoms with E-state index in [1.165, 1.54) is 19.3 Å². The van der Waals surface area contributed by atoms with Crippen molar-refractivity contribution in [1.29, 1.82) is 0 Å². The number of benzene rings is 2. The Morgan fingerprint density at radius 1 is 0.920 bits per heavy atom. The van der Waals surface area contributed by atoms with Gasteiger partial charge in [0.05, 0.1) is 0 Å². The summed E-state index contributed by atoms with van der Waals surface area (Å²) in [4.78, 5) is 22.4. The summed E-state index contributed by atoms with van der Waals surface area (Å²) in [5.74, 6) is 0.634. The largest absolute Gasteiger partial charge is 0.340 e. The third kappa shape index (κ3) is 3.37. The molecule has 0 radical (unpaired) electrons. The highest BCUT2D eigenvalue weighted by Gasteiger charge is 2.15. The summed E-state index contributed by atoms with van der Waals surface area (Å²) in [7, 11) is 0. The minimum Gasteiger partial charge on any atom is -0.340 e. The van der Waals surface area contributed by atoms with E-state index in [-0.39, 0.29) is 0 Å². The minimum absolute atomic E-state index is 0.634. The molecule has 0 saturated heterocycles. The molecular weight excluding hydrogens is 310 g/mol. The quantitative estimate of drug-likeness (QED) is 0.500. The standard InChI is InChI=1S/C22H25NO2/c1-3-5-6-16(4-2)13-23-21-9-7-17(14-24)11-19(21)20-12-18(15-25)8-10-22(20)23/h7-12,14-16H,3-6,13H2,1-2H3/t16-/m1/s1. The van der Waals surface area contributed by atoms with E-state index in [0.29, 0.717) is 17.0 Å². The van der Waals surface area contributed by atoms with Crippen molar-refractivity contribution in [3.63, 3.8) is 0 Å². The summed E-state index contributed by atoms with van der Waals surface area (Å²) in [6.45, 7) is 5.45. The van der Waals surface area contributed by atoms with Crippen molar-refractivity contribution in [3.05, 3.63) is 47.5 Å². The predicted octanol–water partition coefficient (Wildman–Crippen LogP) is 5.64. The highest BCUT2D eigenvalue weighted by atomic mass is 16.1. The summed E-state index contributed by atoms with van der Waals surface area (Å²) < 4.78 is 2.36. The highest BCUT2D eigenvalue weighted by molar-refractivity contribution is 6.10. The lowest BCUT2D eigenvalue weighted by Crippen LogP contribution is -2.10. The molecular formula is C22H25NO2. The van der Waals surface area contributed by atoms with Gasteiger partial charge >= 0.3 is 0 Å². The van der Waals surface area contributed by atoms with Crippen LogP contribution in [0.3, 0.4) is 0 Å². The first kappa shape index (κ1) is 17.4. The summed E-state index contributed by atoms with van der Waals surface area (Å²) >= 11 is 0. The molecule has 130 valence electrons. The fourth-order valence-electron chi connectivity index (χ4n) is 3.66. The molecule has 0 aliphatic carbocycles. The third-order valence-corrected chi connectivity index (χ3v) is 5.17. The fourth-order valence-corrected chi connectivity index (χ4v) is 3.66. The lowest BCUT2D eigenvalue weighted by Gasteiger charge is -2.17. The Morgan fingerprint density at radius 3 is 1.92 bits per heavy atom. The molecule has 3 aromatic rings. The maximum Gasteiger partial charge on any atom is 0.150 e. The van der Waals surface area contributed by atoms with Gasteiger partial charge in [-0.25, -0.2) is 0 Å². The lowest BCUT2D eigenvalue weighted by atomic mass is 9.99. The molecule has 0 spiro atoms. The number of unbranched alkanes of at least 4 members (excludes halogenated alkanes) is 1. The van der Waals surface area contributed by atoms with Crippen LogP contribution in [-0.2, 0) is 6.54 Å². The second-order valence-electron chi connectivity index (χ2n) is 6.82. The van der Waals surface area contributed by atoms with E-state index in [4.69, 9.17) is 0 Å². The summed E-state index contributed by atoms with van der Waals surface area (Å²) in [6.07, 6.45) is 6.60. The molecule has 0 aliphatic heterocycles. The van der Waals surface area contributed by atoms with E-state index in [1.807, 2.05) is 36.4 Å². The fraction of sp³-hybridized carbons (Fsp3) is 0.364. The first-order chi connectivity index (χ1) is 12.2. The zero-order valence-electron chi connectivity index (χ0n) is 15.0. The number of hydrogen-bond donors (Lipinski definition) is 0. The van der Waals surface area contributed by atoms with Crippen LogP contribution < -0.4 is 0 Å². The van der Waals surface area contributed by atoms with Gasteiger partial charge in [0, 0.05) is 39.5 Å². The molecule has 0 amide bonds. The van der Waals surface area contributed by atoms with Gasteiger partial charge in [-0.1, -0.05) is 33.1 Å². The lowest BCUT2D eigenvalue weighted by molar-refractivity contribution is 0.111. The zero-order valence-corrected chi connectivity index (χ0v) is 15.0. The molecule has 2 aromatic carbocycles. The Labute approximate surface area is 148 Å². The first-order valence-corrected chi connectivity index (χ1v) is 9.18. The van der Waals surface area contributed by atoms with Crippen molar-refractivity contribution < 1.29 is 9.59 Å². The molecule has 0 unspecified atom stereocenters. The number of carbonyl (C=O) groups excluding carboxylic acids is 2. The van der Waals surface area contributed by atoms with Gasteiger partial charge in [0.25, 0.3) is 0 Å². The first-order valence-electron chi connectivity index (χ1n) is 9.18. The molecule has 3 heteroatoms. The number of aromatic nitrogens is 1. The average Bonchev–Trinajstić information content (AvgIpc) is 2.97. The van der Waals surface area contributed by atoms with E-state index in [1.54, 1.807) is 0 Å². The summed E-state index contributed by atoms with van der Waals surface area (Å²) in [5, 5.41) is 2.10. The van der Waals surface area contributed by atoms with Crippen LogP contribution in [0.1, 0.15) is 60.2 Å². The molecule has 0 bridgehead atoms. The molecule has 3 rings (SSSR count). The molecule has 0 N–H and O–H groups in total. The van der Waals surface area contributed by atoms with Crippen LogP contribution in [0.2, 0.25) is 0 Å². The maximum absolute atomic E-state index is 11.2. The number of nitrogens with zero attached hydrogens (tertiary/aromatic N) is 1. The highest BCUT2D eigenvalue weighted by Crippen LogP contribution is 2.32. The molecule has 1 heterocycles. The predicted molar refractivity (Wildman–Crippen MR) is 104 cm³/mol. The number of fused-ring (bicyclic) bond motifs is 3. The number of rotatable bonds is 8. The molecule has 1 aromatic heterocycles. The van der Waals surface area contributed by atoms with Crippen molar-refractivity contribution in [2.75, 3.05) is 0 Å².